The van der Waals surface area contributed by atoms with E-state index >= 15 is 0 Å². The Kier molecular flexibility index (Phi) is 3.90. The smallest absolute Gasteiger partial charge is 0.275 e. The Bertz CT molecular complexity index is 930. The van der Waals surface area contributed by atoms with E-state index in [0.29, 0.717) is 24.0 Å². The summed E-state index contributed by atoms with van der Waals surface area (Å²) in [5.41, 5.74) is 1.62. The third kappa shape index (κ3) is 3.22. The van der Waals surface area contributed by atoms with Crippen LogP contribution in [-0.2, 0) is 13.1 Å². The molecule has 24 heavy (non-hydrogen) atoms. The van der Waals surface area contributed by atoms with Crippen LogP contribution in [-0.4, -0.2) is 26.5 Å². The number of hydrogen-bond donors (Lipinski definition) is 0. The van der Waals surface area contributed by atoms with Crippen molar-refractivity contribution in [1.29, 1.82) is 0 Å². The molecule has 0 bridgehead atoms. The van der Waals surface area contributed by atoms with Crippen LogP contribution >= 0.6 is 11.3 Å². The van der Waals surface area contributed by atoms with E-state index in [-0.39, 0.29) is 11.4 Å². The molecule has 3 aromatic rings. The molecule has 0 unspecified atom stereocenters. The van der Waals surface area contributed by atoms with E-state index in [2.05, 4.69) is 10.1 Å². The first-order chi connectivity index (χ1) is 11.6. The van der Waals surface area contributed by atoms with Crippen LogP contribution in [0, 0.1) is 5.82 Å². The van der Waals surface area contributed by atoms with Gasteiger partial charge in [0.15, 0.2) is 0 Å². The van der Waals surface area contributed by atoms with Crippen LogP contribution in [0.4, 0.5) is 4.39 Å². The lowest BCUT2D eigenvalue weighted by Crippen LogP contribution is -2.21. The van der Waals surface area contributed by atoms with Gasteiger partial charge >= 0.3 is 0 Å². The molecule has 1 fully saturated rings. The largest absolute Gasteiger partial charge is 0.296 e. The van der Waals surface area contributed by atoms with Crippen molar-refractivity contribution >= 4 is 16.3 Å². The molecule has 2 aromatic heterocycles. The van der Waals surface area contributed by atoms with E-state index in [1.54, 1.807) is 18.2 Å². The summed E-state index contributed by atoms with van der Waals surface area (Å²) in [6, 6.07) is 7.99. The van der Waals surface area contributed by atoms with Gasteiger partial charge in [0.1, 0.15) is 10.8 Å². The summed E-state index contributed by atoms with van der Waals surface area (Å²) in [5, 5.41) is 5.39. The van der Waals surface area contributed by atoms with E-state index < -0.39 is 0 Å². The SMILES string of the molecule is CN(Cc1ccc(F)cc1)Cc1cc(=O)n2nc(C3CC3)sc2n1. The third-order valence-electron chi connectivity index (χ3n) is 4.04. The van der Waals surface area contributed by atoms with Gasteiger partial charge in [-0.1, -0.05) is 23.5 Å². The number of aromatic nitrogens is 3. The Morgan fingerprint density at radius 1 is 1.29 bits per heavy atom. The molecule has 5 nitrogen and oxygen atoms in total. The maximum atomic E-state index is 13.0. The minimum atomic E-state index is -0.238. The molecule has 2 heterocycles. The average molecular weight is 344 g/mol. The maximum Gasteiger partial charge on any atom is 0.275 e. The highest BCUT2D eigenvalue weighted by molar-refractivity contribution is 7.16. The van der Waals surface area contributed by atoms with Gasteiger partial charge in [-0.3, -0.25) is 9.69 Å². The molecule has 0 amide bonds. The zero-order valence-electron chi connectivity index (χ0n) is 13.3. The number of rotatable bonds is 5. The highest BCUT2D eigenvalue weighted by atomic mass is 32.1. The van der Waals surface area contributed by atoms with Crippen LogP contribution in [0.5, 0.6) is 0 Å². The lowest BCUT2D eigenvalue weighted by Gasteiger charge is -2.16. The lowest BCUT2D eigenvalue weighted by atomic mass is 10.2. The first-order valence-corrected chi connectivity index (χ1v) is 8.73. The normalized spacial score (nSPS) is 14.6. The van der Waals surface area contributed by atoms with Crippen molar-refractivity contribution in [2.75, 3.05) is 7.05 Å². The van der Waals surface area contributed by atoms with E-state index in [0.717, 1.165) is 29.1 Å². The van der Waals surface area contributed by atoms with Gasteiger partial charge in [0, 0.05) is 25.1 Å². The van der Waals surface area contributed by atoms with Crippen LogP contribution in [0.3, 0.4) is 0 Å². The Morgan fingerprint density at radius 3 is 2.75 bits per heavy atom. The summed E-state index contributed by atoms with van der Waals surface area (Å²) in [4.78, 5) is 19.5. The zero-order valence-corrected chi connectivity index (χ0v) is 14.1. The van der Waals surface area contributed by atoms with Crippen molar-refractivity contribution in [2.24, 2.45) is 0 Å². The van der Waals surface area contributed by atoms with Gasteiger partial charge in [-0.05, 0) is 37.6 Å². The molecule has 4 rings (SSSR count). The van der Waals surface area contributed by atoms with Gasteiger partial charge in [0.2, 0.25) is 4.96 Å². The summed E-state index contributed by atoms with van der Waals surface area (Å²) < 4.78 is 14.4. The number of halogens is 1. The van der Waals surface area contributed by atoms with Crippen LogP contribution in [0.1, 0.15) is 35.0 Å². The summed E-state index contributed by atoms with van der Waals surface area (Å²) in [6.07, 6.45) is 2.31. The van der Waals surface area contributed by atoms with Crippen LogP contribution in [0.2, 0.25) is 0 Å². The van der Waals surface area contributed by atoms with Crippen molar-refractivity contribution in [1.82, 2.24) is 19.5 Å². The van der Waals surface area contributed by atoms with E-state index in [4.69, 9.17) is 0 Å². The standard InChI is InChI=1S/C17H17FN4OS/c1-21(9-11-2-6-13(18)7-3-11)10-14-8-15(23)22-17(19-14)24-16(20-22)12-4-5-12/h2-3,6-8,12H,4-5,9-10H2,1H3. The predicted molar refractivity (Wildman–Crippen MR) is 90.7 cm³/mol. The van der Waals surface area contributed by atoms with Crippen molar-refractivity contribution in [3.8, 4) is 0 Å². The molecule has 0 saturated heterocycles. The molecule has 7 heteroatoms. The van der Waals surface area contributed by atoms with Crippen LogP contribution in [0.25, 0.3) is 4.96 Å². The fourth-order valence-corrected chi connectivity index (χ4v) is 3.77. The first kappa shape index (κ1) is 15.4. The molecule has 0 N–H and O–H groups in total. The van der Waals surface area contributed by atoms with Crippen molar-refractivity contribution in [3.05, 3.63) is 62.8 Å². The van der Waals surface area contributed by atoms with Gasteiger partial charge < -0.3 is 0 Å². The summed E-state index contributed by atoms with van der Waals surface area (Å²) >= 11 is 1.51. The molecule has 0 radical (unpaired) electrons. The highest BCUT2D eigenvalue weighted by Crippen LogP contribution is 2.41. The van der Waals surface area contributed by atoms with Crippen molar-refractivity contribution in [3.63, 3.8) is 0 Å². The predicted octanol–water partition coefficient (Wildman–Crippen LogP) is 2.80. The van der Waals surface area contributed by atoms with Crippen molar-refractivity contribution < 1.29 is 4.39 Å². The molecule has 1 aromatic carbocycles. The second-order valence-electron chi connectivity index (χ2n) is 6.29. The molecule has 0 atom stereocenters. The highest BCUT2D eigenvalue weighted by Gasteiger charge is 2.28. The summed E-state index contributed by atoms with van der Waals surface area (Å²) in [5.74, 6) is 0.277. The molecule has 1 aliphatic rings. The van der Waals surface area contributed by atoms with Gasteiger partial charge in [-0.25, -0.2) is 9.37 Å². The number of nitrogens with zero attached hydrogens (tertiary/aromatic N) is 4. The Morgan fingerprint density at radius 2 is 2.04 bits per heavy atom. The molecular formula is C17H17FN4OS. The Hall–Kier alpha value is -2.12. The van der Waals surface area contributed by atoms with E-state index in [1.807, 2.05) is 11.9 Å². The van der Waals surface area contributed by atoms with Gasteiger partial charge in [-0.15, -0.1) is 0 Å². The van der Waals surface area contributed by atoms with E-state index in [1.165, 1.54) is 28.0 Å². The Labute approximate surface area is 142 Å². The topological polar surface area (TPSA) is 50.5 Å². The fourth-order valence-electron chi connectivity index (χ4n) is 2.68. The number of benzene rings is 1. The fraction of sp³-hybridized carbons (Fsp3) is 0.353. The second kappa shape index (κ2) is 6.07. The summed E-state index contributed by atoms with van der Waals surface area (Å²) in [6.45, 7) is 1.22. The molecule has 0 aliphatic heterocycles. The zero-order chi connectivity index (χ0) is 16.7. The van der Waals surface area contributed by atoms with Crippen LogP contribution < -0.4 is 5.56 Å². The van der Waals surface area contributed by atoms with Gasteiger partial charge in [0.25, 0.3) is 5.56 Å². The van der Waals surface area contributed by atoms with Gasteiger partial charge in [-0.2, -0.15) is 9.61 Å². The second-order valence-corrected chi connectivity index (χ2v) is 7.28. The minimum Gasteiger partial charge on any atom is -0.296 e. The van der Waals surface area contributed by atoms with E-state index in [9.17, 15) is 9.18 Å². The Balaban J connectivity index is 1.52. The van der Waals surface area contributed by atoms with Crippen LogP contribution in [0.15, 0.2) is 35.1 Å². The quantitative estimate of drug-likeness (QED) is 0.714. The molecule has 1 saturated carbocycles. The molecular weight excluding hydrogens is 327 g/mol. The summed E-state index contributed by atoms with van der Waals surface area (Å²) in [7, 11) is 1.95. The monoisotopic (exact) mass is 344 g/mol. The van der Waals surface area contributed by atoms with Crippen molar-refractivity contribution in [2.45, 2.75) is 31.8 Å². The first-order valence-electron chi connectivity index (χ1n) is 7.91. The average Bonchev–Trinajstić information content (AvgIpc) is 3.29. The third-order valence-corrected chi connectivity index (χ3v) is 5.11. The number of fused-ring (bicyclic) bond motifs is 1. The minimum absolute atomic E-state index is 0.131. The number of hydrogen-bond acceptors (Lipinski definition) is 5. The maximum absolute atomic E-state index is 13.0. The van der Waals surface area contributed by atoms with Gasteiger partial charge in [0.05, 0.1) is 5.69 Å². The lowest BCUT2D eigenvalue weighted by molar-refractivity contribution is 0.315. The molecule has 1 aliphatic carbocycles. The molecule has 124 valence electrons. The molecule has 0 spiro atoms.